The molecular formula is C25H28ClF2N3O5. The van der Waals surface area contributed by atoms with Crippen molar-refractivity contribution in [3.05, 3.63) is 59.1 Å². The Morgan fingerprint density at radius 1 is 1.11 bits per heavy atom. The van der Waals surface area contributed by atoms with Gasteiger partial charge in [0.25, 0.3) is 5.91 Å². The van der Waals surface area contributed by atoms with Crippen LogP contribution in [0.4, 0.5) is 19.3 Å². The summed E-state index contributed by atoms with van der Waals surface area (Å²) < 4.78 is 37.9. The Bertz CT molecular complexity index is 1130. The fraction of sp³-hybridized carbons (Fsp3) is 0.400. The summed E-state index contributed by atoms with van der Waals surface area (Å²) >= 11 is 5.64. The monoisotopic (exact) mass is 523 g/mol. The van der Waals surface area contributed by atoms with E-state index in [2.05, 4.69) is 10.6 Å². The first-order chi connectivity index (χ1) is 16.9. The third kappa shape index (κ3) is 7.81. The van der Waals surface area contributed by atoms with Gasteiger partial charge in [0, 0.05) is 24.3 Å². The zero-order valence-electron chi connectivity index (χ0n) is 20.1. The molecule has 1 aliphatic rings. The Morgan fingerprint density at radius 2 is 1.86 bits per heavy atom. The molecule has 0 aromatic heterocycles. The summed E-state index contributed by atoms with van der Waals surface area (Å²) in [6.45, 7) is 4.73. The normalized spacial score (nSPS) is 17.8. The van der Waals surface area contributed by atoms with Gasteiger partial charge in [-0.2, -0.15) is 0 Å². The summed E-state index contributed by atoms with van der Waals surface area (Å²) in [5, 5.41) is 5.33. The molecule has 3 amide bonds. The van der Waals surface area contributed by atoms with Crippen LogP contribution < -0.4 is 15.4 Å². The maximum absolute atomic E-state index is 13.6. The van der Waals surface area contributed by atoms with Gasteiger partial charge in [-0.3, -0.25) is 14.5 Å². The van der Waals surface area contributed by atoms with E-state index in [-0.39, 0.29) is 36.0 Å². The number of anilines is 1. The van der Waals surface area contributed by atoms with Crippen molar-refractivity contribution in [2.45, 2.75) is 51.3 Å². The zero-order chi connectivity index (χ0) is 26.5. The smallest absolute Gasteiger partial charge is 0.411 e. The van der Waals surface area contributed by atoms with E-state index in [1.54, 1.807) is 20.8 Å². The second-order valence-electron chi connectivity index (χ2n) is 9.35. The number of benzene rings is 2. The average Bonchev–Trinajstić information content (AvgIpc) is 2.78. The van der Waals surface area contributed by atoms with Crippen LogP contribution in [0.2, 0.25) is 5.02 Å². The highest BCUT2D eigenvalue weighted by Gasteiger charge is 2.38. The molecule has 194 valence electrons. The summed E-state index contributed by atoms with van der Waals surface area (Å²) in [4.78, 5) is 39.6. The molecule has 1 saturated heterocycles. The van der Waals surface area contributed by atoms with Crippen LogP contribution in [0.1, 0.15) is 33.6 Å². The second-order valence-corrected chi connectivity index (χ2v) is 9.76. The van der Waals surface area contributed by atoms with Crippen LogP contribution in [0, 0.1) is 11.6 Å². The van der Waals surface area contributed by atoms with Crippen LogP contribution >= 0.6 is 11.6 Å². The van der Waals surface area contributed by atoms with E-state index >= 15 is 0 Å². The number of likely N-dealkylation sites (tertiary alicyclic amines) is 1. The van der Waals surface area contributed by atoms with E-state index in [1.807, 2.05) is 0 Å². The first kappa shape index (κ1) is 27.2. The molecule has 0 unspecified atom stereocenters. The minimum Gasteiger partial charge on any atom is -0.484 e. The maximum Gasteiger partial charge on any atom is 0.411 e. The number of nitrogens with one attached hydrogen (secondary N) is 2. The molecule has 8 nitrogen and oxygen atoms in total. The van der Waals surface area contributed by atoms with Crippen molar-refractivity contribution in [1.29, 1.82) is 0 Å². The Kier molecular flexibility index (Phi) is 8.73. The Labute approximate surface area is 212 Å². The quantitative estimate of drug-likeness (QED) is 0.580. The fourth-order valence-corrected chi connectivity index (χ4v) is 3.78. The number of amides is 3. The van der Waals surface area contributed by atoms with Gasteiger partial charge in [-0.15, -0.1) is 0 Å². The third-order valence-corrected chi connectivity index (χ3v) is 5.54. The van der Waals surface area contributed by atoms with Crippen molar-refractivity contribution in [3.63, 3.8) is 0 Å². The van der Waals surface area contributed by atoms with E-state index in [0.29, 0.717) is 6.42 Å². The molecule has 3 rings (SSSR count). The molecule has 0 aliphatic carbocycles. The Morgan fingerprint density at radius 3 is 2.53 bits per heavy atom. The lowest BCUT2D eigenvalue weighted by molar-refractivity contribution is -0.125. The maximum atomic E-state index is 13.6. The number of carbonyl (C=O) groups is 3. The number of rotatable bonds is 6. The van der Waals surface area contributed by atoms with Crippen molar-refractivity contribution in [2.75, 3.05) is 18.5 Å². The van der Waals surface area contributed by atoms with Crippen LogP contribution in [-0.4, -0.2) is 53.6 Å². The second kappa shape index (κ2) is 11.6. The van der Waals surface area contributed by atoms with E-state index in [4.69, 9.17) is 21.1 Å². The summed E-state index contributed by atoms with van der Waals surface area (Å²) in [7, 11) is 0. The number of halogens is 3. The molecule has 1 heterocycles. The van der Waals surface area contributed by atoms with Crippen LogP contribution in [-0.2, 0) is 14.3 Å². The molecule has 2 atom stereocenters. The van der Waals surface area contributed by atoms with E-state index in [1.165, 1.54) is 41.3 Å². The molecule has 1 fully saturated rings. The number of nitrogens with zero attached hydrogens (tertiary/aromatic N) is 1. The number of hydrogen-bond acceptors (Lipinski definition) is 5. The number of carbonyl (C=O) groups excluding carboxylic acids is 3. The zero-order valence-corrected chi connectivity index (χ0v) is 20.9. The van der Waals surface area contributed by atoms with E-state index in [9.17, 15) is 23.2 Å². The topological polar surface area (TPSA) is 97.0 Å². The molecule has 0 bridgehead atoms. The van der Waals surface area contributed by atoms with Crippen LogP contribution in [0.15, 0.2) is 42.5 Å². The predicted octanol–water partition coefficient (Wildman–Crippen LogP) is 4.52. The van der Waals surface area contributed by atoms with Crippen molar-refractivity contribution in [1.82, 2.24) is 10.2 Å². The molecule has 0 radical (unpaired) electrons. The molecule has 11 heteroatoms. The molecular weight excluding hydrogens is 496 g/mol. The minimum atomic E-state index is -0.885. The van der Waals surface area contributed by atoms with Gasteiger partial charge >= 0.3 is 6.09 Å². The van der Waals surface area contributed by atoms with Crippen molar-refractivity contribution in [2.24, 2.45) is 0 Å². The standard InChI is InChI=1S/C25H28ClF2N3O5/c1-25(2,3)36-24(34)31-13-17(29-22(32)14-35-18-8-9-19(26)20(28)12-18)7-10-21(31)23(33)30-16-6-4-5-15(27)11-16/h4-6,8-9,11-12,17,21H,7,10,13-14H2,1-3H3,(H,29,32)(H,30,33)/t17-,21+/m0/s1. The summed E-state index contributed by atoms with van der Waals surface area (Å²) in [5.41, 5.74) is -0.547. The van der Waals surface area contributed by atoms with Gasteiger partial charge in [0.15, 0.2) is 6.61 Å². The Hall–Kier alpha value is -3.40. The van der Waals surface area contributed by atoms with Crippen molar-refractivity contribution >= 4 is 35.2 Å². The lowest BCUT2D eigenvalue weighted by Gasteiger charge is -2.39. The van der Waals surface area contributed by atoms with Crippen molar-refractivity contribution < 1.29 is 32.6 Å². The van der Waals surface area contributed by atoms with E-state index in [0.717, 1.165) is 6.07 Å². The van der Waals surface area contributed by atoms with Gasteiger partial charge < -0.3 is 20.1 Å². The fourth-order valence-electron chi connectivity index (χ4n) is 3.66. The lowest BCUT2D eigenvalue weighted by atomic mass is 9.97. The predicted molar refractivity (Wildman–Crippen MR) is 130 cm³/mol. The largest absolute Gasteiger partial charge is 0.484 e. The lowest BCUT2D eigenvalue weighted by Crippen LogP contribution is -2.58. The summed E-state index contributed by atoms with van der Waals surface area (Å²) in [5.74, 6) is -2.02. The number of ether oxygens (including phenoxy) is 2. The summed E-state index contributed by atoms with van der Waals surface area (Å²) in [6, 6.07) is 7.89. The molecule has 1 aliphatic heterocycles. The number of piperidine rings is 1. The van der Waals surface area contributed by atoms with Gasteiger partial charge in [0.05, 0.1) is 5.02 Å². The van der Waals surface area contributed by atoms with Crippen LogP contribution in [0.3, 0.4) is 0 Å². The molecule has 36 heavy (non-hydrogen) atoms. The van der Waals surface area contributed by atoms with Gasteiger partial charge in [0.1, 0.15) is 29.0 Å². The molecule has 0 spiro atoms. The number of hydrogen-bond donors (Lipinski definition) is 2. The van der Waals surface area contributed by atoms with Gasteiger partial charge in [0.2, 0.25) is 5.91 Å². The highest BCUT2D eigenvalue weighted by Crippen LogP contribution is 2.23. The SMILES string of the molecule is CC(C)(C)OC(=O)N1C[C@@H](NC(=O)COc2ccc(Cl)c(F)c2)CC[C@@H]1C(=O)Nc1cccc(F)c1. The molecule has 2 aromatic carbocycles. The summed E-state index contributed by atoms with van der Waals surface area (Å²) in [6.07, 6.45) is -0.0927. The van der Waals surface area contributed by atoms with Gasteiger partial charge in [-0.25, -0.2) is 13.6 Å². The molecule has 2 aromatic rings. The van der Waals surface area contributed by atoms with Crippen molar-refractivity contribution in [3.8, 4) is 5.75 Å². The van der Waals surface area contributed by atoms with Gasteiger partial charge in [-0.05, 0) is 63.9 Å². The van der Waals surface area contributed by atoms with Crippen LogP contribution in [0.5, 0.6) is 5.75 Å². The highest BCUT2D eigenvalue weighted by atomic mass is 35.5. The minimum absolute atomic E-state index is 0.0114. The first-order valence-corrected chi connectivity index (χ1v) is 11.7. The third-order valence-electron chi connectivity index (χ3n) is 5.23. The molecule has 2 N–H and O–H groups in total. The molecule has 0 saturated carbocycles. The Balaban J connectivity index is 1.64. The van der Waals surface area contributed by atoms with Gasteiger partial charge in [-0.1, -0.05) is 17.7 Å². The van der Waals surface area contributed by atoms with Crippen LogP contribution in [0.25, 0.3) is 0 Å². The first-order valence-electron chi connectivity index (χ1n) is 11.3. The average molecular weight is 524 g/mol. The van der Waals surface area contributed by atoms with E-state index < -0.39 is 47.2 Å². The highest BCUT2D eigenvalue weighted by molar-refractivity contribution is 6.30.